The highest BCUT2D eigenvalue weighted by Crippen LogP contribution is 2.32. The lowest BCUT2D eigenvalue weighted by atomic mass is 10.3. The third kappa shape index (κ3) is 3.74. The number of hydrogen-bond donors (Lipinski definition) is 0. The Kier molecular flexibility index (Phi) is 5.52. The van der Waals surface area contributed by atoms with Gasteiger partial charge in [-0.25, -0.2) is 23.4 Å². The van der Waals surface area contributed by atoms with Crippen LogP contribution in [0.15, 0.2) is 41.8 Å². The van der Waals surface area contributed by atoms with Crippen molar-refractivity contribution in [3.63, 3.8) is 0 Å². The molecule has 33 heavy (non-hydrogen) atoms. The van der Waals surface area contributed by atoms with Crippen LogP contribution in [0.1, 0.15) is 0 Å². The molecule has 1 aliphatic rings. The minimum absolute atomic E-state index is 0.0142. The minimum Gasteiger partial charge on any atom is -0.352 e. The lowest BCUT2D eigenvalue weighted by molar-refractivity contribution is 0.384. The van der Waals surface area contributed by atoms with Gasteiger partial charge in [0.15, 0.2) is 17.0 Å². The smallest absolute Gasteiger partial charge is 0.244 e. The lowest BCUT2D eigenvalue weighted by Crippen LogP contribution is -2.49. The van der Waals surface area contributed by atoms with Crippen LogP contribution in [0.3, 0.4) is 0 Å². The summed E-state index contributed by atoms with van der Waals surface area (Å²) in [5.41, 5.74) is 2.23. The first-order valence-corrected chi connectivity index (χ1v) is 12.3. The summed E-state index contributed by atoms with van der Waals surface area (Å²) in [5.74, 6) is 1.40. The second kappa shape index (κ2) is 8.24. The van der Waals surface area contributed by atoms with Crippen LogP contribution in [-0.2, 0) is 24.1 Å². The molecule has 0 aliphatic carbocycles. The lowest BCUT2D eigenvalue weighted by Gasteiger charge is -2.34. The van der Waals surface area contributed by atoms with E-state index in [0.717, 1.165) is 11.4 Å². The normalized spacial score (nSPS) is 15.5. The van der Waals surface area contributed by atoms with Crippen molar-refractivity contribution in [1.82, 2.24) is 33.6 Å². The Morgan fingerprint density at radius 3 is 2.48 bits per heavy atom. The number of imidazole rings is 1. The fourth-order valence-corrected chi connectivity index (χ4v) is 6.13. The van der Waals surface area contributed by atoms with Crippen molar-refractivity contribution < 1.29 is 8.42 Å². The van der Waals surface area contributed by atoms with E-state index in [1.54, 1.807) is 23.0 Å². The van der Waals surface area contributed by atoms with Gasteiger partial charge in [0.2, 0.25) is 10.0 Å². The van der Waals surface area contributed by atoms with Gasteiger partial charge < -0.3 is 9.47 Å². The minimum atomic E-state index is -3.77. The van der Waals surface area contributed by atoms with Crippen molar-refractivity contribution >= 4 is 50.2 Å². The number of rotatable bonds is 4. The van der Waals surface area contributed by atoms with E-state index in [-0.39, 0.29) is 28.0 Å². The molecule has 0 saturated carbocycles. The molecule has 10 nitrogen and oxygen atoms in total. The van der Waals surface area contributed by atoms with Crippen LogP contribution in [0, 0.1) is 0 Å². The van der Waals surface area contributed by atoms with Crippen molar-refractivity contribution in [3.05, 3.63) is 47.0 Å². The predicted octanol–water partition coefficient (Wildman–Crippen LogP) is 2.58. The Morgan fingerprint density at radius 1 is 1.03 bits per heavy atom. The van der Waals surface area contributed by atoms with Gasteiger partial charge in [-0.05, 0) is 12.1 Å². The highest BCUT2D eigenvalue weighted by molar-refractivity contribution is 7.89. The largest absolute Gasteiger partial charge is 0.352 e. The molecule has 1 aliphatic heterocycles. The molecule has 3 aromatic heterocycles. The van der Waals surface area contributed by atoms with E-state index in [9.17, 15) is 8.42 Å². The maximum absolute atomic E-state index is 13.1. The number of fused-ring (bicyclic) bond motifs is 1. The van der Waals surface area contributed by atoms with Gasteiger partial charge in [-0.2, -0.15) is 9.40 Å². The number of aromatic nitrogens is 6. The van der Waals surface area contributed by atoms with Crippen LogP contribution in [-0.4, -0.2) is 68.2 Å². The van der Waals surface area contributed by atoms with Crippen LogP contribution in [0.5, 0.6) is 0 Å². The van der Waals surface area contributed by atoms with E-state index in [1.807, 2.05) is 29.8 Å². The first-order chi connectivity index (χ1) is 15.8. The quantitative estimate of drug-likeness (QED) is 0.419. The molecule has 0 bridgehead atoms. The summed E-state index contributed by atoms with van der Waals surface area (Å²) < 4.78 is 31.3. The first-order valence-electron chi connectivity index (χ1n) is 10.1. The van der Waals surface area contributed by atoms with Crippen LogP contribution < -0.4 is 4.90 Å². The molecule has 172 valence electrons. The topological polar surface area (TPSA) is 102 Å². The number of benzene rings is 1. The van der Waals surface area contributed by atoms with Gasteiger partial charge in [0.1, 0.15) is 17.0 Å². The van der Waals surface area contributed by atoms with Gasteiger partial charge in [0, 0.05) is 46.5 Å². The Hall–Kier alpha value is -2.73. The maximum Gasteiger partial charge on any atom is 0.244 e. The number of halogens is 2. The average molecular weight is 507 g/mol. The number of piperazine rings is 1. The van der Waals surface area contributed by atoms with Crippen molar-refractivity contribution in [2.45, 2.75) is 4.90 Å². The van der Waals surface area contributed by atoms with Gasteiger partial charge in [-0.3, -0.25) is 4.68 Å². The molecular weight excluding hydrogens is 487 g/mol. The second-order valence-electron chi connectivity index (χ2n) is 7.71. The Bertz CT molecular complexity index is 1460. The monoisotopic (exact) mass is 506 g/mol. The molecule has 4 heterocycles. The van der Waals surface area contributed by atoms with Gasteiger partial charge in [0.25, 0.3) is 0 Å². The van der Waals surface area contributed by atoms with E-state index in [1.165, 1.54) is 16.7 Å². The average Bonchev–Trinajstić information content (AvgIpc) is 3.38. The SMILES string of the molecule is Cn1cc(-c2nc3c(N4CCN(S(=O)(=O)c5cccc(Cl)c5Cl)CC4)ncnc3n2C)cn1. The van der Waals surface area contributed by atoms with E-state index in [4.69, 9.17) is 28.2 Å². The van der Waals surface area contributed by atoms with Crippen LogP contribution in [0.2, 0.25) is 10.0 Å². The molecule has 13 heteroatoms. The third-order valence-corrected chi connectivity index (χ3v) is 8.54. The van der Waals surface area contributed by atoms with E-state index in [2.05, 4.69) is 15.1 Å². The Morgan fingerprint density at radius 2 is 1.79 bits per heavy atom. The summed E-state index contributed by atoms with van der Waals surface area (Å²) in [7, 11) is -0.0259. The van der Waals surface area contributed by atoms with Crippen LogP contribution in [0.25, 0.3) is 22.6 Å². The van der Waals surface area contributed by atoms with E-state index in [0.29, 0.717) is 30.1 Å². The molecule has 4 aromatic rings. The van der Waals surface area contributed by atoms with Crippen molar-refractivity contribution in [3.8, 4) is 11.4 Å². The molecule has 0 atom stereocenters. The molecule has 1 fully saturated rings. The zero-order valence-electron chi connectivity index (χ0n) is 17.9. The molecule has 1 aromatic carbocycles. The van der Waals surface area contributed by atoms with Crippen molar-refractivity contribution in [2.24, 2.45) is 14.1 Å². The summed E-state index contributed by atoms with van der Waals surface area (Å²) >= 11 is 12.2. The standard InChI is InChI=1S/C20H20Cl2N8O2S/c1-27-11-13(10-25-27)18-26-17-19(28(18)2)23-12-24-20(17)29-6-8-30(9-7-29)33(31,32)15-5-3-4-14(21)16(15)22/h3-5,10-12H,6-9H2,1-2H3. The van der Waals surface area contributed by atoms with E-state index >= 15 is 0 Å². The first kappa shape index (κ1) is 22.1. The maximum atomic E-state index is 13.1. The summed E-state index contributed by atoms with van der Waals surface area (Å²) in [6.07, 6.45) is 5.14. The van der Waals surface area contributed by atoms with Gasteiger partial charge in [-0.15, -0.1) is 0 Å². The predicted molar refractivity (Wildman–Crippen MR) is 126 cm³/mol. The number of sulfonamides is 1. The Balaban J connectivity index is 1.42. The zero-order valence-corrected chi connectivity index (χ0v) is 20.2. The summed E-state index contributed by atoms with van der Waals surface area (Å²) in [5, 5.41) is 4.47. The van der Waals surface area contributed by atoms with Crippen LogP contribution >= 0.6 is 23.2 Å². The number of anilines is 1. The summed E-state index contributed by atoms with van der Waals surface area (Å²) in [4.78, 5) is 15.7. The molecule has 0 spiro atoms. The van der Waals surface area contributed by atoms with E-state index < -0.39 is 10.0 Å². The molecule has 0 unspecified atom stereocenters. The third-order valence-electron chi connectivity index (χ3n) is 5.67. The van der Waals surface area contributed by atoms with Gasteiger partial charge >= 0.3 is 0 Å². The molecule has 0 amide bonds. The van der Waals surface area contributed by atoms with Gasteiger partial charge in [-0.1, -0.05) is 29.3 Å². The highest BCUT2D eigenvalue weighted by atomic mass is 35.5. The molecule has 0 radical (unpaired) electrons. The van der Waals surface area contributed by atoms with Crippen molar-refractivity contribution in [2.75, 3.05) is 31.1 Å². The molecule has 5 rings (SSSR count). The molecule has 0 N–H and O–H groups in total. The Labute approximate surface area is 200 Å². The van der Waals surface area contributed by atoms with Crippen LogP contribution in [0.4, 0.5) is 5.82 Å². The molecular formula is C20H20Cl2N8O2S. The molecule has 1 saturated heterocycles. The zero-order chi connectivity index (χ0) is 23.3. The number of nitrogens with zero attached hydrogens (tertiary/aromatic N) is 8. The summed E-state index contributed by atoms with van der Waals surface area (Å²) in [6, 6.07) is 4.61. The summed E-state index contributed by atoms with van der Waals surface area (Å²) in [6.45, 7) is 1.45. The number of aryl methyl sites for hydroxylation is 2. The highest BCUT2D eigenvalue weighted by Gasteiger charge is 2.32. The fraction of sp³-hybridized carbons (Fsp3) is 0.300. The van der Waals surface area contributed by atoms with Crippen molar-refractivity contribution in [1.29, 1.82) is 0 Å². The second-order valence-corrected chi connectivity index (χ2v) is 10.4. The fourth-order valence-electron chi connectivity index (χ4n) is 3.98. The van der Waals surface area contributed by atoms with Gasteiger partial charge in [0.05, 0.1) is 21.8 Å². The number of hydrogen-bond acceptors (Lipinski definition) is 7.